The van der Waals surface area contributed by atoms with Crippen LogP contribution in [0.1, 0.15) is 0 Å². The van der Waals surface area contributed by atoms with E-state index in [0.717, 1.165) is 33.3 Å². The topological polar surface area (TPSA) is 25.2 Å². The largest absolute Gasteiger partial charge is 0.454 e. The van der Waals surface area contributed by atoms with E-state index in [1.807, 2.05) is 12.1 Å². The maximum Gasteiger partial charge on any atom is 0.158 e. The third-order valence-electron chi connectivity index (χ3n) is 7.88. The van der Waals surface area contributed by atoms with Crippen LogP contribution in [0.3, 0.4) is 0 Å². The van der Waals surface area contributed by atoms with Gasteiger partial charge in [0.2, 0.25) is 0 Å². The van der Waals surface area contributed by atoms with Crippen LogP contribution in [0, 0.1) is 0 Å². The Labute approximate surface area is 232 Å². The van der Waals surface area contributed by atoms with Crippen LogP contribution in [0.4, 0.5) is 11.4 Å². The van der Waals surface area contributed by atoms with E-state index in [2.05, 4.69) is 139 Å². The highest BCUT2D eigenvalue weighted by molar-refractivity contribution is 6.10. The van der Waals surface area contributed by atoms with Gasteiger partial charge in [0.25, 0.3) is 0 Å². The van der Waals surface area contributed by atoms with E-state index >= 15 is 0 Å². The second-order valence-corrected chi connectivity index (χ2v) is 10.2. The Morgan fingerprint density at radius 3 is 1.82 bits per heavy atom. The maximum atomic E-state index is 6.21. The fraction of sp³-hybridized carbons (Fsp3) is 0. The molecule has 0 bridgehead atoms. The monoisotopic (exact) mass is 511 g/mol. The molecule has 2 heteroatoms. The molecule has 8 rings (SSSR count). The van der Waals surface area contributed by atoms with Gasteiger partial charge in [0.05, 0.1) is 5.69 Å². The van der Waals surface area contributed by atoms with Gasteiger partial charge in [-0.15, -0.1) is 0 Å². The summed E-state index contributed by atoms with van der Waals surface area (Å²) in [6.07, 6.45) is 0. The zero-order valence-electron chi connectivity index (χ0n) is 21.8. The Morgan fingerprint density at radius 2 is 0.975 bits per heavy atom. The van der Waals surface area contributed by atoms with Crippen molar-refractivity contribution in [2.75, 3.05) is 5.32 Å². The third-order valence-corrected chi connectivity index (χ3v) is 7.88. The van der Waals surface area contributed by atoms with Crippen molar-refractivity contribution in [3.8, 4) is 22.3 Å². The van der Waals surface area contributed by atoms with Crippen molar-refractivity contribution in [2.45, 2.75) is 0 Å². The SMILES string of the molecule is c1ccc2c(-c3cccc4c(-c5ccc(Nc6cccc7c6oc6ccccc67)cc5)cccc34)cccc2c1. The lowest BCUT2D eigenvalue weighted by Gasteiger charge is -2.14. The van der Waals surface area contributed by atoms with Gasteiger partial charge < -0.3 is 9.73 Å². The maximum absolute atomic E-state index is 6.21. The Hall–Kier alpha value is -5.34. The summed E-state index contributed by atoms with van der Waals surface area (Å²) in [6.45, 7) is 0. The van der Waals surface area contributed by atoms with Crippen molar-refractivity contribution in [3.63, 3.8) is 0 Å². The van der Waals surface area contributed by atoms with Crippen LogP contribution < -0.4 is 5.32 Å². The van der Waals surface area contributed by atoms with Gasteiger partial charge in [-0.3, -0.25) is 0 Å². The molecule has 188 valence electrons. The van der Waals surface area contributed by atoms with Gasteiger partial charge >= 0.3 is 0 Å². The number of fused-ring (bicyclic) bond motifs is 5. The van der Waals surface area contributed by atoms with Gasteiger partial charge in [0.15, 0.2) is 5.58 Å². The average Bonchev–Trinajstić information content (AvgIpc) is 3.40. The molecule has 1 aromatic heterocycles. The van der Waals surface area contributed by atoms with E-state index < -0.39 is 0 Å². The average molecular weight is 512 g/mol. The highest BCUT2D eigenvalue weighted by Gasteiger charge is 2.12. The number of anilines is 2. The number of rotatable bonds is 4. The molecular formula is C38H25NO. The highest BCUT2D eigenvalue weighted by Crippen LogP contribution is 2.38. The van der Waals surface area contributed by atoms with Crippen LogP contribution in [-0.4, -0.2) is 0 Å². The normalized spacial score (nSPS) is 11.5. The lowest BCUT2D eigenvalue weighted by molar-refractivity contribution is 0.670. The smallest absolute Gasteiger partial charge is 0.158 e. The molecule has 1 heterocycles. The standard InChI is InChI=1S/C38H25NO/c1-2-11-28-25(9-1)10-5-14-30(28)33-17-7-15-31-29(13-6-16-32(31)33)26-21-23-27(24-22-26)39-36-19-8-18-35-34-12-3-4-20-37(34)40-38(35)36/h1-24,39H. The van der Waals surface area contributed by atoms with E-state index in [0.29, 0.717) is 0 Å². The molecule has 7 aromatic carbocycles. The molecule has 0 unspecified atom stereocenters. The van der Waals surface area contributed by atoms with Gasteiger partial charge in [-0.2, -0.15) is 0 Å². The summed E-state index contributed by atoms with van der Waals surface area (Å²) in [5.41, 5.74) is 8.70. The summed E-state index contributed by atoms with van der Waals surface area (Å²) < 4.78 is 6.21. The predicted octanol–water partition coefficient (Wildman–Crippen LogP) is 11.0. The highest BCUT2D eigenvalue weighted by atomic mass is 16.3. The van der Waals surface area contributed by atoms with E-state index in [-0.39, 0.29) is 0 Å². The molecule has 0 radical (unpaired) electrons. The summed E-state index contributed by atoms with van der Waals surface area (Å²) in [7, 11) is 0. The van der Waals surface area contributed by atoms with Crippen molar-refractivity contribution in [2.24, 2.45) is 0 Å². The number of para-hydroxylation sites is 2. The van der Waals surface area contributed by atoms with Gasteiger partial charge in [-0.05, 0) is 68.1 Å². The second-order valence-electron chi connectivity index (χ2n) is 10.2. The zero-order chi connectivity index (χ0) is 26.5. The summed E-state index contributed by atoms with van der Waals surface area (Å²) in [5.74, 6) is 0. The first-order valence-electron chi connectivity index (χ1n) is 13.6. The minimum absolute atomic E-state index is 0.878. The molecule has 0 saturated carbocycles. The molecule has 0 saturated heterocycles. The lowest BCUT2D eigenvalue weighted by Crippen LogP contribution is -1.91. The summed E-state index contributed by atoms with van der Waals surface area (Å²) in [5, 5.41) is 10.9. The second kappa shape index (κ2) is 9.14. The first kappa shape index (κ1) is 22.6. The van der Waals surface area contributed by atoms with Gasteiger partial charge in [-0.1, -0.05) is 121 Å². The van der Waals surface area contributed by atoms with Crippen molar-refractivity contribution in [1.82, 2.24) is 0 Å². The van der Waals surface area contributed by atoms with Crippen LogP contribution in [0.2, 0.25) is 0 Å². The Kier molecular flexibility index (Phi) is 5.17. The molecule has 2 nitrogen and oxygen atoms in total. The van der Waals surface area contributed by atoms with Crippen LogP contribution in [0.5, 0.6) is 0 Å². The Morgan fingerprint density at radius 1 is 0.400 bits per heavy atom. The lowest BCUT2D eigenvalue weighted by atomic mass is 9.91. The van der Waals surface area contributed by atoms with Crippen LogP contribution in [0.15, 0.2) is 150 Å². The Bertz CT molecular complexity index is 2180. The summed E-state index contributed by atoms with van der Waals surface area (Å²) >= 11 is 0. The molecule has 0 aliphatic heterocycles. The molecule has 0 fully saturated rings. The van der Waals surface area contributed by atoms with Crippen molar-refractivity contribution >= 4 is 54.9 Å². The summed E-state index contributed by atoms with van der Waals surface area (Å²) in [4.78, 5) is 0. The van der Waals surface area contributed by atoms with E-state index in [9.17, 15) is 0 Å². The van der Waals surface area contributed by atoms with Crippen LogP contribution in [0.25, 0.3) is 65.7 Å². The Balaban J connectivity index is 1.18. The molecule has 1 N–H and O–H groups in total. The molecule has 0 atom stereocenters. The van der Waals surface area contributed by atoms with E-state index in [1.54, 1.807) is 0 Å². The number of furan rings is 1. The van der Waals surface area contributed by atoms with Gasteiger partial charge in [0, 0.05) is 16.5 Å². The van der Waals surface area contributed by atoms with Crippen LogP contribution in [-0.2, 0) is 0 Å². The number of hydrogen-bond acceptors (Lipinski definition) is 2. The fourth-order valence-electron chi connectivity index (χ4n) is 5.99. The van der Waals surface area contributed by atoms with Crippen LogP contribution >= 0.6 is 0 Å². The minimum Gasteiger partial charge on any atom is -0.454 e. The molecule has 0 amide bonds. The quantitative estimate of drug-likeness (QED) is 0.254. The first-order valence-corrected chi connectivity index (χ1v) is 13.6. The molecule has 40 heavy (non-hydrogen) atoms. The van der Waals surface area contributed by atoms with Crippen molar-refractivity contribution in [3.05, 3.63) is 146 Å². The first-order chi connectivity index (χ1) is 19.8. The molecule has 0 aliphatic carbocycles. The molecule has 0 spiro atoms. The van der Waals surface area contributed by atoms with Crippen molar-refractivity contribution < 1.29 is 4.42 Å². The minimum atomic E-state index is 0.878. The van der Waals surface area contributed by atoms with Gasteiger partial charge in [0.1, 0.15) is 5.58 Å². The molecular weight excluding hydrogens is 486 g/mol. The van der Waals surface area contributed by atoms with E-state index in [1.165, 1.54) is 43.8 Å². The zero-order valence-corrected chi connectivity index (χ0v) is 21.8. The van der Waals surface area contributed by atoms with Gasteiger partial charge in [-0.25, -0.2) is 0 Å². The third kappa shape index (κ3) is 3.65. The fourth-order valence-corrected chi connectivity index (χ4v) is 5.99. The number of hydrogen-bond donors (Lipinski definition) is 1. The van der Waals surface area contributed by atoms with Crippen molar-refractivity contribution in [1.29, 1.82) is 0 Å². The summed E-state index contributed by atoms with van der Waals surface area (Å²) in [6, 6.07) is 51.5. The molecule has 0 aliphatic rings. The molecule has 8 aromatic rings. The number of benzene rings is 7. The number of nitrogens with one attached hydrogen (secondary N) is 1. The predicted molar refractivity (Wildman–Crippen MR) is 169 cm³/mol. The van der Waals surface area contributed by atoms with E-state index in [4.69, 9.17) is 4.42 Å².